The summed E-state index contributed by atoms with van der Waals surface area (Å²) in [5, 5.41) is 11.1. The first kappa shape index (κ1) is 31.8. The van der Waals surface area contributed by atoms with E-state index in [1.165, 1.54) is 0 Å². The summed E-state index contributed by atoms with van der Waals surface area (Å²) in [5.41, 5.74) is 10.2. The summed E-state index contributed by atoms with van der Waals surface area (Å²) >= 11 is 12.3. The average Bonchev–Trinajstić information content (AvgIpc) is 3.00. The molecule has 0 saturated carbocycles. The zero-order chi connectivity index (χ0) is 32.3. The quantitative estimate of drug-likeness (QED) is 0.151. The minimum absolute atomic E-state index is 0.0347. The van der Waals surface area contributed by atoms with Crippen LogP contribution in [0.3, 0.4) is 0 Å². The molecule has 0 spiro atoms. The Morgan fingerprint density at radius 1 is 0.956 bits per heavy atom. The van der Waals surface area contributed by atoms with Gasteiger partial charge in [0.05, 0.1) is 18.1 Å². The van der Waals surface area contributed by atoms with Crippen molar-refractivity contribution in [3.8, 4) is 29.1 Å². The van der Waals surface area contributed by atoms with Gasteiger partial charge in [0.15, 0.2) is 11.5 Å². The van der Waals surface area contributed by atoms with Gasteiger partial charge in [-0.15, -0.1) is 0 Å². The summed E-state index contributed by atoms with van der Waals surface area (Å²) < 4.78 is 23.5. The van der Waals surface area contributed by atoms with E-state index in [0.29, 0.717) is 45.0 Å². The number of rotatable bonds is 8. The van der Waals surface area contributed by atoms with E-state index in [1.807, 2.05) is 31.2 Å². The van der Waals surface area contributed by atoms with Gasteiger partial charge in [-0.3, -0.25) is 0 Å². The number of fused-ring (bicyclic) bond motifs is 1. The Hall–Kier alpha value is -4.64. The van der Waals surface area contributed by atoms with Gasteiger partial charge in [0, 0.05) is 27.2 Å². The van der Waals surface area contributed by atoms with E-state index in [-0.39, 0.29) is 29.2 Å². The second kappa shape index (κ2) is 13.2. The van der Waals surface area contributed by atoms with Crippen molar-refractivity contribution in [1.82, 2.24) is 0 Å². The van der Waals surface area contributed by atoms with Crippen molar-refractivity contribution in [3.63, 3.8) is 0 Å². The Balaban J connectivity index is 1.42. The number of nitrogens with two attached hydrogens (primary N) is 1. The molecule has 9 heteroatoms. The number of halogens is 2. The van der Waals surface area contributed by atoms with Crippen LogP contribution >= 0.6 is 23.2 Å². The maximum Gasteiger partial charge on any atom is 0.343 e. The smallest absolute Gasteiger partial charge is 0.343 e. The van der Waals surface area contributed by atoms with Crippen molar-refractivity contribution < 1.29 is 23.7 Å². The van der Waals surface area contributed by atoms with Crippen molar-refractivity contribution in [2.75, 3.05) is 6.61 Å². The minimum Gasteiger partial charge on any atom is -0.490 e. The number of hydrogen-bond donors (Lipinski definition) is 1. The lowest BCUT2D eigenvalue weighted by Gasteiger charge is -2.27. The molecule has 0 aliphatic carbocycles. The standard InChI is InChI=1S/C36H32Cl2N2O5/c1-5-42-32-16-22(9-15-30(32)43-20-23-8-12-25(37)17-29(23)38)33-27-14-13-26(18-31(27)45-34(40)28(33)19-39)44-35(41)21-6-10-24(11-7-21)36(2,3)4/h6-18,33H,5,20,40H2,1-4H3. The summed E-state index contributed by atoms with van der Waals surface area (Å²) in [7, 11) is 0. The molecule has 0 bridgehead atoms. The number of ether oxygens (including phenoxy) is 4. The molecule has 0 radical (unpaired) electrons. The van der Waals surface area contributed by atoms with Gasteiger partial charge in [0.2, 0.25) is 5.88 Å². The summed E-state index contributed by atoms with van der Waals surface area (Å²) in [6.07, 6.45) is 0. The first-order valence-corrected chi connectivity index (χ1v) is 15.1. The predicted octanol–water partition coefficient (Wildman–Crippen LogP) is 8.71. The number of hydrogen-bond acceptors (Lipinski definition) is 7. The average molecular weight is 644 g/mol. The highest BCUT2D eigenvalue weighted by atomic mass is 35.5. The third-order valence-electron chi connectivity index (χ3n) is 7.39. The highest BCUT2D eigenvalue weighted by Crippen LogP contribution is 2.45. The third kappa shape index (κ3) is 7.04. The van der Waals surface area contributed by atoms with Gasteiger partial charge in [-0.1, -0.05) is 74.3 Å². The number of nitrogens with zero attached hydrogens (tertiary/aromatic N) is 1. The van der Waals surface area contributed by atoms with Gasteiger partial charge in [0.25, 0.3) is 0 Å². The van der Waals surface area contributed by atoms with Crippen LogP contribution in [-0.4, -0.2) is 12.6 Å². The Kier molecular flexibility index (Phi) is 9.29. The molecule has 5 rings (SSSR count). The van der Waals surface area contributed by atoms with Gasteiger partial charge < -0.3 is 24.7 Å². The molecule has 0 amide bonds. The number of allylic oxidation sites excluding steroid dienone is 1. The van der Waals surface area contributed by atoms with Gasteiger partial charge in [-0.25, -0.2) is 4.79 Å². The molecule has 4 aromatic rings. The maximum atomic E-state index is 12.9. The van der Waals surface area contributed by atoms with E-state index >= 15 is 0 Å². The number of benzene rings is 4. The SMILES string of the molecule is CCOc1cc(C2C(C#N)=C(N)Oc3cc(OC(=O)c4ccc(C(C)(C)C)cc4)ccc32)ccc1OCc1ccc(Cl)cc1Cl. The molecule has 1 aliphatic rings. The molecule has 1 atom stereocenters. The van der Waals surface area contributed by atoms with Crippen LogP contribution in [-0.2, 0) is 12.0 Å². The van der Waals surface area contributed by atoms with Gasteiger partial charge in [-0.05, 0) is 65.9 Å². The summed E-state index contributed by atoms with van der Waals surface area (Å²) in [6, 6.07) is 25.2. The Bertz CT molecular complexity index is 1820. The van der Waals surface area contributed by atoms with Crippen LogP contribution in [0.1, 0.15) is 66.2 Å². The van der Waals surface area contributed by atoms with Crippen molar-refractivity contribution in [2.24, 2.45) is 5.73 Å². The molecule has 1 heterocycles. The molecule has 45 heavy (non-hydrogen) atoms. The fourth-order valence-corrected chi connectivity index (χ4v) is 5.46. The fourth-order valence-electron chi connectivity index (χ4n) is 5.00. The number of nitriles is 1. The molecular formula is C36H32Cl2N2O5. The lowest BCUT2D eigenvalue weighted by Crippen LogP contribution is -2.21. The number of carbonyl (C=O) groups excluding carboxylic acids is 1. The van der Waals surface area contributed by atoms with E-state index < -0.39 is 11.9 Å². The molecular weight excluding hydrogens is 611 g/mol. The summed E-state index contributed by atoms with van der Waals surface area (Å²) in [4.78, 5) is 12.9. The fraction of sp³-hybridized carbons (Fsp3) is 0.222. The first-order valence-electron chi connectivity index (χ1n) is 14.4. The van der Waals surface area contributed by atoms with E-state index in [2.05, 4.69) is 26.8 Å². The highest BCUT2D eigenvalue weighted by Gasteiger charge is 2.32. The molecule has 7 nitrogen and oxygen atoms in total. The van der Waals surface area contributed by atoms with E-state index in [1.54, 1.807) is 54.6 Å². The summed E-state index contributed by atoms with van der Waals surface area (Å²) in [6.45, 7) is 8.79. The van der Waals surface area contributed by atoms with Gasteiger partial charge >= 0.3 is 5.97 Å². The van der Waals surface area contributed by atoms with Crippen molar-refractivity contribution in [1.29, 1.82) is 5.26 Å². The summed E-state index contributed by atoms with van der Waals surface area (Å²) in [5.74, 6) is 0.560. The number of carbonyl (C=O) groups is 1. The number of esters is 1. The monoisotopic (exact) mass is 642 g/mol. The zero-order valence-electron chi connectivity index (χ0n) is 25.3. The van der Waals surface area contributed by atoms with Crippen LogP contribution in [0.5, 0.6) is 23.0 Å². The molecule has 0 aromatic heterocycles. The second-order valence-electron chi connectivity index (χ2n) is 11.5. The topological polar surface area (TPSA) is 104 Å². The molecule has 0 fully saturated rings. The molecule has 4 aromatic carbocycles. The third-order valence-corrected chi connectivity index (χ3v) is 7.97. The van der Waals surface area contributed by atoms with Crippen LogP contribution in [0, 0.1) is 11.3 Å². The zero-order valence-corrected chi connectivity index (χ0v) is 26.8. The molecule has 2 N–H and O–H groups in total. The Labute approximate surface area is 272 Å². The lowest BCUT2D eigenvalue weighted by molar-refractivity contribution is 0.0734. The van der Waals surface area contributed by atoms with Crippen molar-refractivity contribution in [3.05, 3.63) is 128 Å². The van der Waals surface area contributed by atoms with E-state index in [4.69, 9.17) is 47.9 Å². The van der Waals surface area contributed by atoms with Crippen LogP contribution < -0.4 is 24.7 Å². The molecule has 1 aliphatic heterocycles. The Morgan fingerprint density at radius 3 is 2.38 bits per heavy atom. The molecule has 0 saturated heterocycles. The Morgan fingerprint density at radius 2 is 1.71 bits per heavy atom. The van der Waals surface area contributed by atoms with Gasteiger partial charge in [-0.2, -0.15) is 5.26 Å². The van der Waals surface area contributed by atoms with Gasteiger partial charge in [0.1, 0.15) is 29.7 Å². The van der Waals surface area contributed by atoms with Crippen LogP contribution in [0.2, 0.25) is 10.0 Å². The maximum absolute atomic E-state index is 12.9. The minimum atomic E-state index is -0.563. The second-order valence-corrected chi connectivity index (χ2v) is 12.3. The van der Waals surface area contributed by atoms with E-state index in [9.17, 15) is 10.1 Å². The normalized spacial score (nSPS) is 14.2. The van der Waals surface area contributed by atoms with Crippen LogP contribution in [0.4, 0.5) is 0 Å². The first-order chi connectivity index (χ1) is 21.5. The van der Waals surface area contributed by atoms with Crippen LogP contribution in [0.15, 0.2) is 90.3 Å². The van der Waals surface area contributed by atoms with Crippen molar-refractivity contribution in [2.45, 2.75) is 45.6 Å². The highest BCUT2D eigenvalue weighted by molar-refractivity contribution is 6.35. The molecule has 1 unspecified atom stereocenters. The molecule has 230 valence electrons. The lowest BCUT2D eigenvalue weighted by atomic mass is 9.83. The van der Waals surface area contributed by atoms with E-state index in [0.717, 1.165) is 16.7 Å². The van der Waals surface area contributed by atoms with Crippen LogP contribution in [0.25, 0.3) is 0 Å². The largest absolute Gasteiger partial charge is 0.490 e. The van der Waals surface area contributed by atoms with Crippen molar-refractivity contribution >= 4 is 29.2 Å². The predicted molar refractivity (Wildman–Crippen MR) is 174 cm³/mol.